The van der Waals surface area contributed by atoms with E-state index in [-0.39, 0.29) is 5.76 Å². The Morgan fingerprint density at radius 3 is 2.68 bits per heavy atom. The zero-order valence-corrected chi connectivity index (χ0v) is 11.7. The second-order valence-corrected chi connectivity index (χ2v) is 4.67. The monoisotopic (exact) mass is 266 g/mol. The van der Waals surface area contributed by atoms with Crippen molar-refractivity contribution in [3.8, 4) is 0 Å². The number of guanidine groups is 1. The molecular formula is C13H22N4O2. The number of primary amides is 1. The highest BCUT2D eigenvalue weighted by Gasteiger charge is 2.07. The molecule has 1 rings (SSSR count). The zero-order valence-electron chi connectivity index (χ0n) is 11.7. The predicted molar refractivity (Wildman–Crippen MR) is 74.9 cm³/mol. The molecule has 0 spiro atoms. The van der Waals surface area contributed by atoms with Gasteiger partial charge < -0.3 is 20.8 Å². The Hall–Kier alpha value is -1.98. The molecule has 0 aliphatic rings. The summed E-state index contributed by atoms with van der Waals surface area (Å²) in [7, 11) is 1.71. The first-order valence-corrected chi connectivity index (χ1v) is 6.36. The van der Waals surface area contributed by atoms with Crippen LogP contribution in [0.25, 0.3) is 0 Å². The van der Waals surface area contributed by atoms with Gasteiger partial charge in [-0.2, -0.15) is 0 Å². The van der Waals surface area contributed by atoms with Crippen molar-refractivity contribution in [2.24, 2.45) is 16.6 Å². The highest BCUT2D eigenvalue weighted by atomic mass is 16.3. The minimum absolute atomic E-state index is 0.166. The topological polar surface area (TPSA) is 92.6 Å². The van der Waals surface area contributed by atoms with Crippen LogP contribution < -0.4 is 16.4 Å². The average molecular weight is 266 g/mol. The summed E-state index contributed by atoms with van der Waals surface area (Å²) in [6.45, 7) is 5.66. The van der Waals surface area contributed by atoms with Gasteiger partial charge in [-0.1, -0.05) is 13.8 Å². The lowest BCUT2D eigenvalue weighted by atomic mass is 10.1. The molecule has 0 radical (unpaired) electrons. The van der Waals surface area contributed by atoms with E-state index in [0.29, 0.717) is 24.2 Å². The van der Waals surface area contributed by atoms with Gasteiger partial charge in [0.15, 0.2) is 11.7 Å². The number of rotatable bonds is 6. The van der Waals surface area contributed by atoms with Gasteiger partial charge in [-0.3, -0.25) is 9.79 Å². The number of carbonyl (C=O) groups is 1. The third-order valence-electron chi connectivity index (χ3n) is 2.57. The van der Waals surface area contributed by atoms with Crippen LogP contribution >= 0.6 is 0 Å². The van der Waals surface area contributed by atoms with Crippen LogP contribution in [0.3, 0.4) is 0 Å². The van der Waals surface area contributed by atoms with E-state index in [1.807, 2.05) is 0 Å². The summed E-state index contributed by atoms with van der Waals surface area (Å²) in [6, 6.07) is 3.28. The summed E-state index contributed by atoms with van der Waals surface area (Å²) in [5, 5.41) is 6.31. The molecule has 0 bridgehead atoms. The van der Waals surface area contributed by atoms with Crippen LogP contribution in [0.2, 0.25) is 0 Å². The number of hydrogen-bond donors (Lipinski definition) is 3. The predicted octanol–water partition coefficient (Wildman–Crippen LogP) is 1.09. The maximum atomic E-state index is 10.9. The highest BCUT2D eigenvalue weighted by molar-refractivity contribution is 5.89. The second kappa shape index (κ2) is 7.45. The van der Waals surface area contributed by atoms with Gasteiger partial charge in [0.05, 0.1) is 6.54 Å². The standard InChI is InChI=1S/C13H22N4O2/c1-9(2)6-7-16-13(15-3)17-8-10-4-5-11(19-10)12(14)18/h4-5,9H,6-8H2,1-3H3,(H2,14,18)(H2,15,16,17). The van der Waals surface area contributed by atoms with Gasteiger partial charge in [0.1, 0.15) is 5.76 Å². The first-order valence-electron chi connectivity index (χ1n) is 6.36. The van der Waals surface area contributed by atoms with Gasteiger partial charge in [0.2, 0.25) is 0 Å². The molecule has 0 saturated heterocycles. The SMILES string of the molecule is CN=C(NCCC(C)C)NCc1ccc(C(N)=O)o1. The van der Waals surface area contributed by atoms with E-state index in [2.05, 4.69) is 29.5 Å². The Morgan fingerprint density at radius 2 is 2.16 bits per heavy atom. The highest BCUT2D eigenvalue weighted by Crippen LogP contribution is 2.06. The Bertz CT molecular complexity index is 438. The minimum atomic E-state index is -0.564. The molecule has 4 N–H and O–H groups in total. The fraction of sp³-hybridized carbons (Fsp3) is 0.538. The second-order valence-electron chi connectivity index (χ2n) is 4.67. The number of aliphatic imine (C=N–C) groups is 1. The lowest BCUT2D eigenvalue weighted by Gasteiger charge is -2.11. The molecule has 1 heterocycles. The summed E-state index contributed by atoms with van der Waals surface area (Å²) in [4.78, 5) is 15.0. The molecule has 0 unspecified atom stereocenters. The van der Waals surface area contributed by atoms with Crippen molar-refractivity contribution in [3.63, 3.8) is 0 Å². The fourth-order valence-corrected chi connectivity index (χ4v) is 1.48. The molecule has 0 aromatic carbocycles. The van der Waals surface area contributed by atoms with E-state index in [0.717, 1.165) is 13.0 Å². The summed E-state index contributed by atoms with van der Waals surface area (Å²) >= 11 is 0. The van der Waals surface area contributed by atoms with Crippen molar-refractivity contribution in [2.45, 2.75) is 26.8 Å². The van der Waals surface area contributed by atoms with E-state index in [1.165, 1.54) is 0 Å². The number of carbonyl (C=O) groups excluding carboxylic acids is 1. The number of nitrogens with one attached hydrogen (secondary N) is 2. The van der Waals surface area contributed by atoms with Gasteiger partial charge in [-0.25, -0.2) is 0 Å². The Kier molecular flexibility index (Phi) is 5.92. The van der Waals surface area contributed by atoms with Crippen molar-refractivity contribution in [1.29, 1.82) is 0 Å². The van der Waals surface area contributed by atoms with Crippen LogP contribution in [-0.4, -0.2) is 25.5 Å². The minimum Gasteiger partial charge on any atom is -0.454 e. The van der Waals surface area contributed by atoms with E-state index in [1.54, 1.807) is 19.2 Å². The molecule has 0 atom stereocenters. The summed E-state index contributed by atoms with van der Waals surface area (Å²) < 4.78 is 5.26. The zero-order chi connectivity index (χ0) is 14.3. The first-order chi connectivity index (χ1) is 9.02. The molecule has 6 nitrogen and oxygen atoms in total. The van der Waals surface area contributed by atoms with Crippen LogP contribution in [0.4, 0.5) is 0 Å². The van der Waals surface area contributed by atoms with Crippen LogP contribution in [0.5, 0.6) is 0 Å². The van der Waals surface area contributed by atoms with Gasteiger partial charge in [0, 0.05) is 13.6 Å². The maximum absolute atomic E-state index is 10.9. The van der Waals surface area contributed by atoms with E-state index in [9.17, 15) is 4.79 Å². The molecular weight excluding hydrogens is 244 g/mol. The number of amides is 1. The first kappa shape index (κ1) is 15.1. The quantitative estimate of drug-likeness (QED) is 0.531. The smallest absolute Gasteiger partial charge is 0.284 e. The molecule has 0 aliphatic carbocycles. The number of furan rings is 1. The van der Waals surface area contributed by atoms with Crippen molar-refractivity contribution in [1.82, 2.24) is 10.6 Å². The summed E-state index contributed by atoms with van der Waals surface area (Å²) in [6.07, 6.45) is 1.08. The van der Waals surface area contributed by atoms with Crippen molar-refractivity contribution < 1.29 is 9.21 Å². The third-order valence-corrected chi connectivity index (χ3v) is 2.57. The van der Waals surface area contributed by atoms with Crippen molar-refractivity contribution in [2.75, 3.05) is 13.6 Å². The molecule has 1 aromatic rings. The fourth-order valence-electron chi connectivity index (χ4n) is 1.48. The lowest BCUT2D eigenvalue weighted by molar-refractivity contribution is 0.0972. The molecule has 19 heavy (non-hydrogen) atoms. The van der Waals surface area contributed by atoms with Crippen molar-refractivity contribution >= 4 is 11.9 Å². The van der Waals surface area contributed by atoms with Crippen LogP contribution in [0.1, 0.15) is 36.6 Å². The summed E-state index contributed by atoms with van der Waals surface area (Å²) in [5.41, 5.74) is 5.11. The third kappa shape index (κ3) is 5.46. The molecule has 0 saturated carbocycles. The molecule has 1 aromatic heterocycles. The lowest BCUT2D eigenvalue weighted by Crippen LogP contribution is -2.37. The molecule has 6 heteroatoms. The van der Waals surface area contributed by atoms with Crippen LogP contribution in [0.15, 0.2) is 21.5 Å². The van der Waals surface area contributed by atoms with Gasteiger partial charge in [0.25, 0.3) is 5.91 Å². The van der Waals surface area contributed by atoms with Crippen LogP contribution in [0, 0.1) is 5.92 Å². The van der Waals surface area contributed by atoms with Gasteiger partial charge in [-0.05, 0) is 24.5 Å². The Labute approximate surface area is 113 Å². The maximum Gasteiger partial charge on any atom is 0.284 e. The molecule has 1 amide bonds. The van der Waals surface area contributed by atoms with E-state index < -0.39 is 5.91 Å². The largest absolute Gasteiger partial charge is 0.454 e. The van der Waals surface area contributed by atoms with Crippen LogP contribution in [-0.2, 0) is 6.54 Å². The number of hydrogen-bond acceptors (Lipinski definition) is 3. The molecule has 106 valence electrons. The number of nitrogens with two attached hydrogens (primary N) is 1. The van der Waals surface area contributed by atoms with Gasteiger partial charge in [-0.15, -0.1) is 0 Å². The van der Waals surface area contributed by atoms with Crippen molar-refractivity contribution in [3.05, 3.63) is 23.7 Å². The number of nitrogens with zero attached hydrogens (tertiary/aromatic N) is 1. The Morgan fingerprint density at radius 1 is 1.42 bits per heavy atom. The summed E-state index contributed by atoms with van der Waals surface area (Å²) in [5.74, 6) is 1.59. The van der Waals surface area contributed by atoms with E-state index in [4.69, 9.17) is 10.2 Å². The normalized spacial score (nSPS) is 11.7. The average Bonchev–Trinajstić information content (AvgIpc) is 2.82. The molecule has 0 aliphatic heterocycles. The van der Waals surface area contributed by atoms with E-state index >= 15 is 0 Å². The molecule has 0 fully saturated rings. The Balaban J connectivity index is 2.38. The van der Waals surface area contributed by atoms with Gasteiger partial charge >= 0.3 is 0 Å².